The first-order chi connectivity index (χ1) is 12.4. The first kappa shape index (κ1) is 23.5. The third-order valence-electron chi connectivity index (χ3n) is 3.70. The van der Waals surface area contributed by atoms with Crippen molar-refractivity contribution in [1.82, 2.24) is 16.0 Å². The molecule has 0 bridgehead atoms. The van der Waals surface area contributed by atoms with E-state index in [-0.39, 0.29) is 31.0 Å². The molecule has 9 heteroatoms. The molecule has 0 aromatic carbocycles. The van der Waals surface area contributed by atoms with Crippen molar-refractivity contribution in [3.8, 4) is 0 Å². The van der Waals surface area contributed by atoms with Crippen LogP contribution in [0.5, 0.6) is 0 Å². The molecule has 1 atom stereocenters. The fourth-order valence-corrected chi connectivity index (χ4v) is 2.15. The Morgan fingerprint density at radius 1 is 1.04 bits per heavy atom. The molecule has 0 aliphatic rings. The molecular formula is C17H29N3O6. The molecule has 0 radical (unpaired) electrons. The summed E-state index contributed by atoms with van der Waals surface area (Å²) in [6.07, 6.45) is 3.60. The van der Waals surface area contributed by atoms with E-state index in [4.69, 9.17) is 0 Å². The first-order valence-corrected chi connectivity index (χ1v) is 8.79. The zero-order chi connectivity index (χ0) is 19.8. The highest BCUT2D eigenvalue weighted by molar-refractivity contribution is 5.88. The lowest BCUT2D eigenvalue weighted by atomic mass is 10.1. The van der Waals surface area contributed by atoms with E-state index in [9.17, 15) is 24.0 Å². The molecular weight excluding hydrogens is 342 g/mol. The van der Waals surface area contributed by atoms with Gasteiger partial charge in [0, 0.05) is 32.9 Å². The second-order valence-corrected chi connectivity index (χ2v) is 5.73. The smallest absolute Gasteiger partial charge is 0.293 e. The molecule has 0 unspecified atom stereocenters. The Balaban J connectivity index is 4.30. The van der Waals surface area contributed by atoms with E-state index >= 15 is 0 Å². The van der Waals surface area contributed by atoms with Gasteiger partial charge in [0.05, 0.1) is 0 Å². The molecule has 0 heterocycles. The molecule has 0 aromatic heterocycles. The van der Waals surface area contributed by atoms with Gasteiger partial charge in [0.25, 0.3) is 12.4 Å². The van der Waals surface area contributed by atoms with Crippen LogP contribution in [0.25, 0.3) is 0 Å². The Morgan fingerprint density at radius 2 is 1.77 bits per heavy atom. The summed E-state index contributed by atoms with van der Waals surface area (Å²) in [7, 11) is 1.48. The number of amides is 3. The van der Waals surface area contributed by atoms with E-state index in [2.05, 4.69) is 20.7 Å². The largest absolute Gasteiger partial charge is 0.458 e. The SMILES string of the molecule is CCC(=O)CCCCCNC(=O)[C@@H](CCC(=O)NC)NC(=O)COC=O. The zero-order valence-electron chi connectivity index (χ0n) is 15.5. The van der Waals surface area contributed by atoms with Gasteiger partial charge >= 0.3 is 0 Å². The van der Waals surface area contributed by atoms with Crippen molar-refractivity contribution in [1.29, 1.82) is 0 Å². The van der Waals surface area contributed by atoms with Crippen LogP contribution in [0.3, 0.4) is 0 Å². The fourth-order valence-electron chi connectivity index (χ4n) is 2.15. The first-order valence-electron chi connectivity index (χ1n) is 8.79. The molecule has 0 fully saturated rings. The highest BCUT2D eigenvalue weighted by atomic mass is 16.5. The summed E-state index contributed by atoms with van der Waals surface area (Å²) in [4.78, 5) is 56.5. The molecule has 3 amide bonds. The Hall–Kier alpha value is -2.45. The lowest BCUT2D eigenvalue weighted by Gasteiger charge is -2.18. The van der Waals surface area contributed by atoms with Gasteiger partial charge in [-0.2, -0.15) is 0 Å². The summed E-state index contributed by atoms with van der Waals surface area (Å²) in [5.41, 5.74) is 0. The van der Waals surface area contributed by atoms with E-state index in [1.807, 2.05) is 6.92 Å². The van der Waals surface area contributed by atoms with Gasteiger partial charge < -0.3 is 20.7 Å². The van der Waals surface area contributed by atoms with E-state index in [0.717, 1.165) is 12.8 Å². The summed E-state index contributed by atoms with van der Waals surface area (Å²) in [5.74, 6) is -1.05. The third kappa shape index (κ3) is 12.0. The molecule has 148 valence electrons. The third-order valence-corrected chi connectivity index (χ3v) is 3.70. The number of rotatable bonds is 15. The average molecular weight is 371 g/mol. The summed E-state index contributed by atoms with van der Waals surface area (Å²) >= 11 is 0. The summed E-state index contributed by atoms with van der Waals surface area (Å²) < 4.78 is 4.35. The number of carbonyl (C=O) groups excluding carboxylic acids is 5. The van der Waals surface area contributed by atoms with Crippen molar-refractivity contribution >= 4 is 30.0 Å². The Bertz CT molecular complexity index is 481. The zero-order valence-corrected chi connectivity index (χ0v) is 15.5. The summed E-state index contributed by atoms with van der Waals surface area (Å²) in [6, 6.07) is -0.892. The molecule has 0 rings (SSSR count). The topological polar surface area (TPSA) is 131 Å². The molecule has 0 saturated heterocycles. The number of carbonyl (C=O) groups is 5. The molecule has 0 aromatic rings. The summed E-state index contributed by atoms with van der Waals surface area (Å²) in [6.45, 7) is 1.90. The van der Waals surface area contributed by atoms with Gasteiger partial charge in [-0.05, 0) is 19.3 Å². The predicted octanol–water partition coefficient (Wildman–Crippen LogP) is -0.174. The minimum absolute atomic E-state index is 0.0720. The molecule has 0 aliphatic carbocycles. The van der Waals surface area contributed by atoms with Crippen LogP contribution in [0.2, 0.25) is 0 Å². The van der Waals surface area contributed by atoms with Crippen LogP contribution >= 0.6 is 0 Å². The molecule has 0 aliphatic heterocycles. The number of hydrogen-bond donors (Lipinski definition) is 3. The summed E-state index contributed by atoms with van der Waals surface area (Å²) in [5, 5.41) is 7.60. The van der Waals surface area contributed by atoms with Crippen LogP contribution in [-0.4, -0.2) is 56.2 Å². The Labute approximate surface area is 153 Å². The van der Waals surface area contributed by atoms with Gasteiger partial charge in [-0.3, -0.25) is 24.0 Å². The fraction of sp³-hybridized carbons (Fsp3) is 0.706. The van der Waals surface area contributed by atoms with Gasteiger partial charge in [0.2, 0.25) is 11.8 Å². The van der Waals surface area contributed by atoms with Gasteiger partial charge in [-0.1, -0.05) is 13.3 Å². The molecule has 0 spiro atoms. The Morgan fingerprint density at radius 3 is 2.38 bits per heavy atom. The number of nitrogens with one attached hydrogen (secondary N) is 3. The van der Waals surface area contributed by atoms with Crippen LogP contribution in [-0.2, 0) is 28.7 Å². The maximum Gasteiger partial charge on any atom is 0.293 e. The van der Waals surface area contributed by atoms with Crippen molar-refractivity contribution in [2.24, 2.45) is 0 Å². The highest BCUT2D eigenvalue weighted by Gasteiger charge is 2.21. The highest BCUT2D eigenvalue weighted by Crippen LogP contribution is 2.03. The van der Waals surface area contributed by atoms with Crippen molar-refractivity contribution < 1.29 is 28.7 Å². The Kier molecular flexibility index (Phi) is 13.5. The number of Topliss-reactive ketones (excluding diaryl/α,β-unsaturated/α-hetero) is 1. The van der Waals surface area contributed by atoms with Gasteiger partial charge in [0.1, 0.15) is 11.8 Å². The van der Waals surface area contributed by atoms with Crippen LogP contribution in [0, 0.1) is 0 Å². The van der Waals surface area contributed by atoms with E-state index in [1.165, 1.54) is 7.05 Å². The van der Waals surface area contributed by atoms with Crippen LogP contribution < -0.4 is 16.0 Å². The number of ketones is 1. The number of hydrogen-bond acceptors (Lipinski definition) is 6. The van der Waals surface area contributed by atoms with Gasteiger partial charge in [-0.25, -0.2) is 0 Å². The van der Waals surface area contributed by atoms with Crippen molar-refractivity contribution in [3.63, 3.8) is 0 Å². The average Bonchev–Trinajstić information content (AvgIpc) is 2.65. The minimum atomic E-state index is -0.892. The van der Waals surface area contributed by atoms with E-state index in [0.29, 0.717) is 25.8 Å². The van der Waals surface area contributed by atoms with Gasteiger partial charge in [0.15, 0.2) is 6.61 Å². The molecule has 0 saturated carbocycles. The number of unbranched alkanes of at least 4 members (excludes halogenated alkanes) is 2. The molecule has 3 N–H and O–H groups in total. The monoisotopic (exact) mass is 371 g/mol. The quantitative estimate of drug-likeness (QED) is 0.270. The van der Waals surface area contributed by atoms with Gasteiger partial charge in [-0.15, -0.1) is 0 Å². The molecule has 9 nitrogen and oxygen atoms in total. The van der Waals surface area contributed by atoms with Crippen molar-refractivity contribution in [2.45, 2.75) is 57.9 Å². The van der Waals surface area contributed by atoms with Crippen molar-refractivity contribution in [2.75, 3.05) is 20.2 Å². The maximum absolute atomic E-state index is 12.2. The molecule has 26 heavy (non-hydrogen) atoms. The van der Waals surface area contributed by atoms with E-state index in [1.54, 1.807) is 0 Å². The van der Waals surface area contributed by atoms with Crippen LogP contribution in [0.4, 0.5) is 0 Å². The predicted molar refractivity (Wildman–Crippen MR) is 94.0 cm³/mol. The maximum atomic E-state index is 12.2. The second-order valence-electron chi connectivity index (χ2n) is 5.73. The second kappa shape index (κ2) is 14.9. The normalized spacial score (nSPS) is 11.2. The lowest BCUT2D eigenvalue weighted by molar-refractivity contribution is -0.138. The van der Waals surface area contributed by atoms with Crippen molar-refractivity contribution in [3.05, 3.63) is 0 Å². The number of ether oxygens (including phenoxy) is 1. The minimum Gasteiger partial charge on any atom is -0.458 e. The van der Waals surface area contributed by atoms with Crippen LogP contribution in [0.15, 0.2) is 0 Å². The van der Waals surface area contributed by atoms with E-state index < -0.39 is 24.5 Å². The van der Waals surface area contributed by atoms with Crippen LogP contribution in [0.1, 0.15) is 51.9 Å². The standard InChI is InChI=1S/C17H29N3O6/c1-3-13(22)7-5-4-6-10-19-17(25)14(8-9-15(23)18-2)20-16(24)11-26-12-21/h12,14H,3-11H2,1-2H3,(H,18,23)(H,19,25)(H,20,24)/t14-/m1/s1. The lowest BCUT2D eigenvalue weighted by Crippen LogP contribution is -2.48.